The van der Waals surface area contributed by atoms with E-state index in [2.05, 4.69) is 0 Å². The third-order valence-electron chi connectivity index (χ3n) is 3.57. The number of benzene rings is 1. The summed E-state index contributed by atoms with van der Waals surface area (Å²) >= 11 is 5.09. The van der Waals surface area contributed by atoms with E-state index < -0.39 is 24.2 Å². The second kappa shape index (κ2) is 6.45. The molecule has 1 aromatic rings. The fourth-order valence-corrected chi connectivity index (χ4v) is 4.11. The standard InChI is InChI=1S/C14H16FO6PS/c1-10(21-12-4-2-11(15)3-5-12)13(16)17-6-14-7-18-22(23,19-8-14)20-9-14/h2-5,10H,6-9H2,1H3. The predicted molar refractivity (Wildman–Crippen MR) is 82.0 cm³/mol. The Kier molecular flexibility index (Phi) is 4.71. The van der Waals surface area contributed by atoms with Crippen LogP contribution in [-0.4, -0.2) is 38.5 Å². The maximum absolute atomic E-state index is 12.8. The molecule has 0 saturated carbocycles. The molecule has 0 N–H and O–H groups in total. The summed E-state index contributed by atoms with van der Waals surface area (Å²) in [5.74, 6) is -0.513. The average Bonchev–Trinajstić information content (AvgIpc) is 2.56. The molecule has 23 heavy (non-hydrogen) atoms. The van der Waals surface area contributed by atoms with Crippen LogP contribution in [-0.2, 0) is 34.9 Å². The van der Waals surface area contributed by atoms with Crippen molar-refractivity contribution < 1.29 is 32.2 Å². The minimum atomic E-state index is -2.55. The lowest BCUT2D eigenvalue weighted by atomic mass is 9.92. The van der Waals surface area contributed by atoms with Crippen LogP contribution in [0, 0.1) is 11.2 Å². The van der Waals surface area contributed by atoms with Crippen molar-refractivity contribution in [3.63, 3.8) is 0 Å². The van der Waals surface area contributed by atoms with Gasteiger partial charge < -0.3 is 23.0 Å². The lowest BCUT2D eigenvalue weighted by Gasteiger charge is -2.45. The van der Waals surface area contributed by atoms with Crippen LogP contribution < -0.4 is 4.74 Å². The Morgan fingerprint density at radius 1 is 1.30 bits per heavy atom. The van der Waals surface area contributed by atoms with E-state index in [9.17, 15) is 9.18 Å². The zero-order valence-corrected chi connectivity index (χ0v) is 14.1. The topological polar surface area (TPSA) is 63.2 Å². The molecule has 0 radical (unpaired) electrons. The summed E-state index contributed by atoms with van der Waals surface area (Å²) in [6.07, 6.45) is -0.822. The molecule has 0 aromatic heterocycles. The van der Waals surface area contributed by atoms with Crippen molar-refractivity contribution in [3.8, 4) is 5.75 Å². The van der Waals surface area contributed by atoms with E-state index in [1.54, 1.807) is 6.92 Å². The highest BCUT2D eigenvalue weighted by molar-refractivity contribution is 8.07. The number of rotatable bonds is 5. The highest BCUT2D eigenvalue weighted by atomic mass is 32.5. The summed E-state index contributed by atoms with van der Waals surface area (Å²) in [6, 6.07) is 5.41. The lowest BCUT2D eigenvalue weighted by Crippen LogP contribution is -2.48. The van der Waals surface area contributed by atoms with Gasteiger partial charge in [-0.1, -0.05) is 0 Å². The number of carbonyl (C=O) groups is 1. The Balaban J connectivity index is 1.51. The maximum Gasteiger partial charge on any atom is 0.347 e. The quantitative estimate of drug-likeness (QED) is 0.589. The molecule has 1 aromatic carbocycles. The third kappa shape index (κ3) is 3.89. The van der Waals surface area contributed by atoms with Crippen molar-refractivity contribution in [1.82, 2.24) is 0 Å². The monoisotopic (exact) mass is 362 g/mol. The molecule has 6 nitrogen and oxygen atoms in total. The number of halogens is 1. The van der Waals surface area contributed by atoms with E-state index in [0.29, 0.717) is 25.6 Å². The molecule has 3 aliphatic rings. The summed E-state index contributed by atoms with van der Waals surface area (Å²) in [5.41, 5.74) is -0.522. The van der Waals surface area contributed by atoms with Gasteiger partial charge in [-0.3, -0.25) is 0 Å². The first-order chi connectivity index (χ1) is 10.9. The smallest absolute Gasteiger partial charge is 0.347 e. The van der Waals surface area contributed by atoms with Crippen LogP contribution in [0.1, 0.15) is 6.92 Å². The molecule has 3 aliphatic heterocycles. The lowest BCUT2D eigenvalue weighted by molar-refractivity contribution is -0.164. The molecule has 1 atom stereocenters. The van der Waals surface area contributed by atoms with Crippen molar-refractivity contribution in [3.05, 3.63) is 30.1 Å². The van der Waals surface area contributed by atoms with E-state index >= 15 is 0 Å². The Labute approximate surface area is 138 Å². The van der Waals surface area contributed by atoms with Crippen LogP contribution >= 0.6 is 6.72 Å². The second-order valence-corrected chi connectivity index (χ2v) is 8.60. The molecule has 2 bridgehead atoms. The van der Waals surface area contributed by atoms with Crippen molar-refractivity contribution in [2.45, 2.75) is 13.0 Å². The van der Waals surface area contributed by atoms with Gasteiger partial charge >= 0.3 is 12.7 Å². The summed E-state index contributed by atoms with van der Waals surface area (Å²) in [5, 5.41) is 0. The number of hydrogen-bond acceptors (Lipinski definition) is 7. The Hall–Kier alpha value is -1.05. The zero-order valence-electron chi connectivity index (χ0n) is 12.4. The van der Waals surface area contributed by atoms with Crippen molar-refractivity contribution in [2.75, 3.05) is 26.4 Å². The molecule has 0 amide bonds. The van der Waals surface area contributed by atoms with Gasteiger partial charge in [-0.15, -0.1) is 0 Å². The molecule has 126 valence electrons. The predicted octanol–water partition coefficient (Wildman–Crippen LogP) is 2.42. The molecule has 4 rings (SSSR count). The molecule has 1 unspecified atom stereocenters. The average molecular weight is 362 g/mol. The minimum Gasteiger partial charge on any atom is -0.479 e. The summed E-state index contributed by atoms with van der Waals surface area (Å²) < 4.78 is 39.7. The van der Waals surface area contributed by atoms with E-state index in [1.807, 2.05) is 0 Å². The third-order valence-corrected chi connectivity index (χ3v) is 5.85. The van der Waals surface area contributed by atoms with Crippen molar-refractivity contribution in [1.29, 1.82) is 0 Å². The molecule has 0 spiro atoms. The van der Waals surface area contributed by atoms with Crippen molar-refractivity contribution in [2.24, 2.45) is 5.41 Å². The first-order valence-corrected chi connectivity index (χ1v) is 9.58. The highest BCUT2D eigenvalue weighted by Crippen LogP contribution is 2.60. The van der Waals surface area contributed by atoms with Gasteiger partial charge in [0.05, 0.1) is 25.2 Å². The normalized spacial score (nSPS) is 30.7. The SMILES string of the molecule is CC(Oc1ccc(F)cc1)C(=O)OCC12COP(=S)(OC1)OC2. The minimum absolute atomic E-state index is 0.0955. The zero-order chi connectivity index (χ0) is 16.5. The van der Waals surface area contributed by atoms with E-state index in [-0.39, 0.29) is 12.4 Å². The Bertz CT molecular complexity index is 605. The van der Waals surface area contributed by atoms with E-state index in [4.69, 9.17) is 34.9 Å². The van der Waals surface area contributed by atoms with Gasteiger partial charge in [-0.2, -0.15) is 0 Å². The number of fused-ring (bicyclic) bond motifs is 3. The second-order valence-electron chi connectivity index (χ2n) is 5.59. The van der Waals surface area contributed by atoms with E-state index in [0.717, 1.165) is 0 Å². The summed E-state index contributed by atoms with van der Waals surface area (Å²) in [6.45, 7) is 0.165. The van der Waals surface area contributed by atoms with Gasteiger partial charge in [0.15, 0.2) is 6.10 Å². The van der Waals surface area contributed by atoms with Crippen LogP contribution in [0.3, 0.4) is 0 Å². The van der Waals surface area contributed by atoms with Crippen LogP contribution in [0.5, 0.6) is 5.75 Å². The maximum atomic E-state index is 12.8. The first-order valence-electron chi connectivity index (χ1n) is 7.02. The molecule has 3 fully saturated rings. The number of esters is 1. The van der Waals surface area contributed by atoms with Gasteiger partial charge in [0, 0.05) is 0 Å². The fourth-order valence-electron chi connectivity index (χ4n) is 2.12. The number of hydrogen-bond donors (Lipinski definition) is 0. The van der Waals surface area contributed by atoms with E-state index in [1.165, 1.54) is 24.3 Å². The molecule has 3 saturated heterocycles. The summed E-state index contributed by atoms with van der Waals surface area (Å²) in [4.78, 5) is 12.0. The van der Waals surface area contributed by atoms with Gasteiger partial charge in [-0.05, 0) is 43.0 Å². The molecule has 0 aliphatic carbocycles. The molecule has 3 heterocycles. The van der Waals surface area contributed by atoms with Crippen LogP contribution in [0.4, 0.5) is 4.39 Å². The molecular weight excluding hydrogens is 346 g/mol. The Morgan fingerprint density at radius 3 is 2.43 bits per heavy atom. The molecule has 9 heteroatoms. The summed E-state index contributed by atoms with van der Waals surface area (Å²) in [7, 11) is 0. The van der Waals surface area contributed by atoms with Crippen molar-refractivity contribution >= 4 is 24.5 Å². The van der Waals surface area contributed by atoms with Crippen LogP contribution in [0.15, 0.2) is 24.3 Å². The van der Waals surface area contributed by atoms with Gasteiger partial charge in [0.2, 0.25) is 0 Å². The van der Waals surface area contributed by atoms with Crippen LogP contribution in [0.2, 0.25) is 0 Å². The van der Waals surface area contributed by atoms with Gasteiger partial charge in [0.1, 0.15) is 18.2 Å². The largest absolute Gasteiger partial charge is 0.479 e. The van der Waals surface area contributed by atoms with Gasteiger partial charge in [-0.25, -0.2) is 9.18 Å². The fraction of sp³-hybridized carbons (Fsp3) is 0.500. The van der Waals surface area contributed by atoms with Crippen LogP contribution in [0.25, 0.3) is 0 Å². The molecular formula is C14H16FO6PS. The first kappa shape index (κ1) is 16.8. The number of ether oxygens (including phenoxy) is 2. The number of carbonyl (C=O) groups excluding carboxylic acids is 1. The van der Waals surface area contributed by atoms with Gasteiger partial charge in [0.25, 0.3) is 0 Å². The Morgan fingerprint density at radius 2 is 1.87 bits per heavy atom. The highest BCUT2D eigenvalue weighted by Gasteiger charge is 2.48.